The van der Waals surface area contributed by atoms with E-state index in [0.717, 1.165) is 25.9 Å². The number of hydrogen-bond acceptors (Lipinski definition) is 6. The fourth-order valence-corrected chi connectivity index (χ4v) is 3.96. The molecule has 1 aliphatic heterocycles. The predicted octanol–water partition coefficient (Wildman–Crippen LogP) is 3.55. The van der Waals surface area contributed by atoms with Crippen molar-refractivity contribution in [2.24, 2.45) is 5.41 Å². The second kappa shape index (κ2) is 7.67. The number of anilines is 2. The summed E-state index contributed by atoms with van der Waals surface area (Å²) in [5.74, 6) is 0.0204. The van der Waals surface area contributed by atoms with Gasteiger partial charge in [0.1, 0.15) is 6.04 Å². The quantitative estimate of drug-likeness (QED) is 0.771. The van der Waals surface area contributed by atoms with Gasteiger partial charge in [0.25, 0.3) is 5.89 Å². The third-order valence-electron chi connectivity index (χ3n) is 5.75. The lowest BCUT2D eigenvalue weighted by atomic mass is 9.93. The van der Waals surface area contributed by atoms with Crippen molar-refractivity contribution in [3.63, 3.8) is 0 Å². The van der Waals surface area contributed by atoms with Gasteiger partial charge in [0.05, 0.1) is 11.3 Å². The Morgan fingerprint density at radius 1 is 1.21 bits per heavy atom. The van der Waals surface area contributed by atoms with Crippen LogP contribution >= 0.6 is 11.6 Å². The van der Waals surface area contributed by atoms with Gasteiger partial charge in [-0.2, -0.15) is 0 Å². The smallest absolute Gasteiger partial charge is 0.316 e. The molecule has 154 valence electrons. The van der Waals surface area contributed by atoms with Crippen molar-refractivity contribution in [1.29, 1.82) is 0 Å². The minimum absolute atomic E-state index is 0.0330. The number of carbonyl (C=O) groups excluding carboxylic acids is 2. The van der Waals surface area contributed by atoms with Gasteiger partial charge in [-0.3, -0.25) is 9.59 Å². The van der Waals surface area contributed by atoms with Gasteiger partial charge >= 0.3 is 6.01 Å². The highest BCUT2D eigenvalue weighted by Gasteiger charge is 2.45. The summed E-state index contributed by atoms with van der Waals surface area (Å²) in [6.07, 6.45) is 4.80. The van der Waals surface area contributed by atoms with Crippen LogP contribution in [0.2, 0.25) is 5.02 Å². The van der Waals surface area contributed by atoms with Crippen LogP contribution in [-0.2, 0) is 9.59 Å². The van der Waals surface area contributed by atoms with Crippen molar-refractivity contribution in [3.05, 3.63) is 23.2 Å². The molecule has 29 heavy (non-hydrogen) atoms. The van der Waals surface area contributed by atoms with Gasteiger partial charge in [-0.1, -0.05) is 16.7 Å². The van der Waals surface area contributed by atoms with Crippen molar-refractivity contribution in [1.82, 2.24) is 15.1 Å². The molecule has 4 rings (SSSR count). The Morgan fingerprint density at radius 2 is 1.93 bits per heavy atom. The number of benzene rings is 1. The molecule has 0 unspecified atom stereocenters. The van der Waals surface area contributed by atoms with E-state index in [1.54, 1.807) is 25.1 Å². The van der Waals surface area contributed by atoms with E-state index in [-0.39, 0.29) is 23.7 Å². The lowest BCUT2D eigenvalue weighted by Crippen LogP contribution is -2.45. The van der Waals surface area contributed by atoms with Gasteiger partial charge < -0.3 is 20.0 Å². The zero-order chi connectivity index (χ0) is 20.6. The fraction of sp³-hybridized carbons (Fsp3) is 0.500. The maximum atomic E-state index is 12.7. The molecule has 9 heteroatoms. The molecule has 2 N–H and O–H groups in total. The number of hydrogen-bond donors (Lipinski definition) is 2. The number of amides is 2. The Balaban J connectivity index is 1.43. The maximum Gasteiger partial charge on any atom is 0.316 e. The summed E-state index contributed by atoms with van der Waals surface area (Å²) in [7, 11) is 0. The van der Waals surface area contributed by atoms with E-state index >= 15 is 0 Å². The highest BCUT2D eigenvalue weighted by molar-refractivity contribution is 6.31. The molecule has 1 aliphatic carbocycles. The molecule has 1 aromatic carbocycles. The molecule has 1 atom stereocenters. The molecule has 2 fully saturated rings. The third kappa shape index (κ3) is 4.37. The number of nitrogens with one attached hydrogen (secondary N) is 2. The van der Waals surface area contributed by atoms with Crippen molar-refractivity contribution in [2.75, 3.05) is 23.7 Å². The number of nitrogens with zero attached hydrogens (tertiary/aromatic N) is 3. The van der Waals surface area contributed by atoms with Crippen LogP contribution < -0.4 is 10.6 Å². The molecule has 2 heterocycles. The van der Waals surface area contributed by atoms with Crippen LogP contribution in [0.5, 0.6) is 0 Å². The van der Waals surface area contributed by atoms with Gasteiger partial charge in [0.2, 0.25) is 11.8 Å². The van der Waals surface area contributed by atoms with E-state index in [1.165, 1.54) is 19.8 Å². The summed E-state index contributed by atoms with van der Waals surface area (Å²) >= 11 is 6.02. The first-order valence-corrected chi connectivity index (χ1v) is 10.2. The summed E-state index contributed by atoms with van der Waals surface area (Å²) in [5, 5.41) is 14.2. The summed E-state index contributed by atoms with van der Waals surface area (Å²) in [6.45, 7) is 4.82. The number of aromatic nitrogens is 2. The molecule has 0 radical (unpaired) electrons. The predicted molar refractivity (Wildman–Crippen MR) is 110 cm³/mol. The molecule has 1 spiro atoms. The lowest BCUT2D eigenvalue weighted by molar-refractivity contribution is -0.133. The Hall–Kier alpha value is -2.61. The zero-order valence-corrected chi connectivity index (χ0v) is 17.3. The van der Waals surface area contributed by atoms with Crippen molar-refractivity contribution >= 4 is 35.1 Å². The first kappa shape index (κ1) is 19.7. The first-order valence-electron chi connectivity index (χ1n) is 9.82. The van der Waals surface area contributed by atoms with Crippen LogP contribution in [0.25, 0.3) is 11.5 Å². The number of piperidine rings is 1. The standard InChI is InChI=1S/C20H24ClN5O3/c1-12(18(28)26-9-7-20(5-6-20)8-10-26)22-19-25-24-17(29-19)15-4-3-14(21)11-16(15)23-13(2)27/h3-4,11-12H,5-10H2,1-2H3,(H,22,25)(H,23,27)/t12-/m1/s1. The average molecular weight is 418 g/mol. The minimum atomic E-state index is -0.475. The average Bonchev–Trinajstić information content (AvgIpc) is 3.27. The topological polar surface area (TPSA) is 100 Å². The number of carbonyl (C=O) groups is 2. The molecular formula is C20H24ClN5O3. The Morgan fingerprint density at radius 3 is 2.59 bits per heavy atom. The van der Waals surface area contributed by atoms with Crippen LogP contribution in [0.4, 0.5) is 11.7 Å². The van der Waals surface area contributed by atoms with E-state index < -0.39 is 6.04 Å². The van der Waals surface area contributed by atoms with Crippen molar-refractivity contribution < 1.29 is 14.0 Å². The van der Waals surface area contributed by atoms with Crippen molar-refractivity contribution in [2.45, 2.75) is 45.6 Å². The van der Waals surface area contributed by atoms with Crippen LogP contribution in [0, 0.1) is 5.41 Å². The Labute approximate surface area is 174 Å². The van der Waals surface area contributed by atoms with Gasteiger partial charge in [-0.05, 0) is 56.2 Å². The molecular weight excluding hydrogens is 394 g/mol. The van der Waals surface area contributed by atoms with Crippen molar-refractivity contribution in [3.8, 4) is 11.5 Å². The summed E-state index contributed by atoms with van der Waals surface area (Å²) < 4.78 is 5.68. The van der Waals surface area contributed by atoms with E-state index in [9.17, 15) is 9.59 Å². The Kier molecular flexibility index (Phi) is 5.21. The summed E-state index contributed by atoms with van der Waals surface area (Å²) in [4.78, 5) is 26.1. The first-order chi connectivity index (χ1) is 13.8. The molecule has 0 bridgehead atoms. The maximum absolute atomic E-state index is 12.7. The highest BCUT2D eigenvalue weighted by Crippen LogP contribution is 2.53. The normalized spacial score (nSPS) is 18.4. The monoisotopic (exact) mass is 417 g/mol. The number of halogens is 1. The van der Waals surface area contributed by atoms with Gasteiger partial charge in [-0.25, -0.2) is 0 Å². The van der Waals surface area contributed by atoms with Gasteiger partial charge in [-0.15, -0.1) is 5.10 Å². The number of likely N-dealkylation sites (tertiary alicyclic amines) is 1. The summed E-state index contributed by atoms with van der Waals surface area (Å²) in [6, 6.07) is 4.66. The van der Waals surface area contributed by atoms with E-state index in [4.69, 9.17) is 16.0 Å². The molecule has 2 aliphatic rings. The SMILES string of the molecule is CC(=O)Nc1cc(Cl)ccc1-c1nnc(N[C@H](C)C(=O)N2CCC3(CC2)CC3)o1. The van der Waals surface area contributed by atoms with Crippen LogP contribution in [0.15, 0.2) is 22.6 Å². The van der Waals surface area contributed by atoms with Gasteiger partial charge in [0.15, 0.2) is 0 Å². The molecule has 2 amide bonds. The number of rotatable bonds is 5. The van der Waals surface area contributed by atoms with Crippen LogP contribution in [-0.4, -0.2) is 46.0 Å². The lowest BCUT2D eigenvalue weighted by Gasteiger charge is -2.33. The minimum Gasteiger partial charge on any atom is -0.403 e. The second-order valence-corrected chi connectivity index (χ2v) is 8.41. The zero-order valence-electron chi connectivity index (χ0n) is 16.5. The van der Waals surface area contributed by atoms with E-state index in [1.807, 2.05) is 4.90 Å². The van der Waals surface area contributed by atoms with Crippen LogP contribution in [0.3, 0.4) is 0 Å². The summed E-state index contributed by atoms with van der Waals surface area (Å²) in [5.41, 5.74) is 1.56. The second-order valence-electron chi connectivity index (χ2n) is 7.97. The van der Waals surface area contributed by atoms with E-state index in [0.29, 0.717) is 21.7 Å². The molecule has 1 aromatic heterocycles. The largest absolute Gasteiger partial charge is 0.403 e. The fourth-order valence-electron chi connectivity index (χ4n) is 3.79. The third-order valence-corrected chi connectivity index (χ3v) is 5.99. The Bertz CT molecular complexity index is 930. The molecule has 1 saturated carbocycles. The van der Waals surface area contributed by atoms with E-state index in [2.05, 4.69) is 20.8 Å². The van der Waals surface area contributed by atoms with Gasteiger partial charge in [0, 0.05) is 25.0 Å². The van der Waals surface area contributed by atoms with Crippen LogP contribution in [0.1, 0.15) is 39.5 Å². The molecule has 1 saturated heterocycles. The molecule has 2 aromatic rings. The molecule has 8 nitrogen and oxygen atoms in total. The highest BCUT2D eigenvalue weighted by atomic mass is 35.5.